The smallest absolute Gasteiger partial charge is 0.254 e. The van der Waals surface area contributed by atoms with Crippen LogP contribution in [0.4, 0.5) is 0 Å². The molecular weight excluding hydrogens is 222 g/mol. The highest BCUT2D eigenvalue weighted by Gasteiger charge is 2.31. The standard InChI is InChI=1S/C16H19NO/c1-4-12(5-2)15-11-13-9-7-8-10-14(13)16(18)17(15)6-3/h4-5,7-10,15H,1,6,11H2,2-3H3/b12-5+. The predicted octanol–water partition coefficient (Wildman–Crippen LogP) is 3.21. The molecule has 94 valence electrons. The monoisotopic (exact) mass is 241 g/mol. The van der Waals surface area contributed by atoms with E-state index in [0.29, 0.717) is 0 Å². The fourth-order valence-corrected chi connectivity index (χ4v) is 2.63. The maximum Gasteiger partial charge on any atom is 0.254 e. The second kappa shape index (κ2) is 5.21. The minimum absolute atomic E-state index is 0.125. The molecule has 1 unspecified atom stereocenters. The minimum Gasteiger partial charge on any atom is -0.332 e. The third-order valence-electron chi connectivity index (χ3n) is 3.59. The zero-order chi connectivity index (χ0) is 13.1. The zero-order valence-corrected chi connectivity index (χ0v) is 11.0. The number of nitrogens with zero attached hydrogens (tertiary/aromatic N) is 1. The van der Waals surface area contributed by atoms with Gasteiger partial charge in [0.2, 0.25) is 0 Å². The van der Waals surface area contributed by atoms with Gasteiger partial charge in [0.25, 0.3) is 5.91 Å². The molecule has 1 aromatic rings. The Labute approximate surface area is 109 Å². The quantitative estimate of drug-likeness (QED) is 0.744. The summed E-state index contributed by atoms with van der Waals surface area (Å²) in [7, 11) is 0. The molecule has 0 N–H and O–H groups in total. The van der Waals surface area contributed by atoms with Gasteiger partial charge in [-0.1, -0.05) is 36.9 Å². The predicted molar refractivity (Wildman–Crippen MR) is 74.6 cm³/mol. The Balaban J connectivity index is 2.46. The van der Waals surface area contributed by atoms with Gasteiger partial charge < -0.3 is 4.90 Å². The maximum atomic E-state index is 12.5. The molecule has 0 bridgehead atoms. The van der Waals surface area contributed by atoms with Gasteiger partial charge in [-0.25, -0.2) is 0 Å². The van der Waals surface area contributed by atoms with E-state index in [4.69, 9.17) is 0 Å². The molecule has 2 rings (SSSR count). The first kappa shape index (κ1) is 12.6. The zero-order valence-electron chi connectivity index (χ0n) is 11.0. The molecule has 0 saturated heterocycles. The van der Waals surface area contributed by atoms with Crippen molar-refractivity contribution in [3.63, 3.8) is 0 Å². The van der Waals surface area contributed by atoms with Gasteiger partial charge in [-0.15, -0.1) is 0 Å². The van der Waals surface area contributed by atoms with E-state index in [1.54, 1.807) is 0 Å². The summed E-state index contributed by atoms with van der Waals surface area (Å²) in [6.07, 6.45) is 4.78. The van der Waals surface area contributed by atoms with Crippen LogP contribution < -0.4 is 0 Å². The van der Waals surface area contributed by atoms with Gasteiger partial charge in [0.15, 0.2) is 0 Å². The second-order valence-electron chi connectivity index (χ2n) is 4.46. The van der Waals surface area contributed by atoms with Crippen LogP contribution in [0.25, 0.3) is 0 Å². The van der Waals surface area contributed by atoms with Gasteiger partial charge in [-0.2, -0.15) is 0 Å². The lowest BCUT2D eigenvalue weighted by Crippen LogP contribution is -2.46. The third kappa shape index (κ3) is 1.99. The Hall–Kier alpha value is -1.83. The topological polar surface area (TPSA) is 20.3 Å². The normalized spacial score (nSPS) is 19.7. The van der Waals surface area contributed by atoms with E-state index < -0.39 is 0 Å². The molecule has 0 fully saturated rings. The summed E-state index contributed by atoms with van der Waals surface area (Å²) in [5.74, 6) is 0.130. The van der Waals surface area contributed by atoms with Crippen molar-refractivity contribution in [1.29, 1.82) is 0 Å². The van der Waals surface area contributed by atoms with E-state index in [0.717, 1.165) is 29.7 Å². The number of likely N-dealkylation sites (N-methyl/N-ethyl adjacent to an activating group) is 1. The van der Waals surface area contributed by atoms with Crippen molar-refractivity contribution >= 4 is 5.91 Å². The van der Waals surface area contributed by atoms with Crippen LogP contribution in [0.5, 0.6) is 0 Å². The molecule has 1 aromatic carbocycles. The molecule has 0 aliphatic carbocycles. The van der Waals surface area contributed by atoms with Gasteiger partial charge in [0.05, 0.1) is 6.04 Å². The lowest BCUT2D eigenvalue weighted by atomic mass is 9.89. The summed E-state index contributed by atoms with van der Waals surface area (Å²) in [6.45, 7) is 8.59. The fourth-order valence-electron chi connectivity index (χ4n) is 2.63. The number of allylic oxidation sites excluding steroid dienone is 1. The Morgan fingerprint density at radius 2 is 2.22 bits per heavy atom. The van der Waals surface area contributed by atoms with E-state index in [9.17, 15) is 4.79 Å². The molecule has 1 aliphatic heterocycles. The Morgan fingerprint density at radius 1 is 1.50 bits per heavy atom. The summed E-state index contributed by atoms with van der Waals surface area (Å²) in [6, 6.07) is 8.01. The SMILES string of the molecule is C=C/C(=C\C)C1Cc2ccccc2C(=O)N1CC. The van der Waals surface area contributed by atoms with Crippen LogP contribution in [-0.2, 0) is 6.42 Å². The van der Waals surface area contributed by atoms with E-state index in [-0.39, 0.29) is 11.9 Å². The summed E-state index contributed by atoms with van der Waals surface area (Å²) >= 11 is 0. The molecule has 1 amide bonds. The molecule has 0 radical (unpaired) electrons. The number of fused-ring (bicyclic) bond motifs is 1. The van der Waals surface area contributed by atoms with Crippen LogP contribution in [0.2, 0.25) is 0 Å². The highest BCUT2D eigenvalue weighted by molar-refractivity contribution is 5.97. The Morgan fingerprint density at radius 3 is 2.83 bits per heavy atom. The Kier molecular flexibility index (Phi) is 3.66. The summed E-state index contributed by atoms with van der Waals surface area (Å²) in [5.41, 5.74) is 3.10. The van der Waals surface area contributed by atoms with Crippen LogP contribution in [0.1, 0.15) is 29.8 Å². The van der Waals surface area contributed by atoms with Crippen molar-refractivity contribution in [3.8, 4) is 0 Å². The number of amides is 1. The molecule has 18 heavy (non-hydrogen) atoms. The van der Waals surface area contributed by atoms with Crippen LogP contribution in [0.3, 0.4) is 0 Å². The lowest BCUT2D eigenvalue weighted by Gasteiger charge is -2.36. The highest BCUT2D eigenvalue weighted by Crippen LogP contribution is 2.27. The van der Waals surface area contributed by atoms with Gasteiger partial charge in [-0.05, 0) is 37.5 Å². The van der Waals surface area contributed by atoms with E-state index >= 15 is 0 Å². The third-order valence-corrected chi connectivity index (χ3v) is 3.59. The molecule has 1 atom stereocenters. The number of benzene rings is 1. The molecule has 2 nitrogen and oxygen atoms in total. The van der Waals surface area contributed by atoms with Crippen LogP contribution in [0.15, 0.2) is 48.6 Å². The molecule has 2 heteroatoms. The van der Waals surface area contributed by atoms with Crippen LogP contribution in [0, 0.1) is 0 Å². The number of hydrogen-bond acceptors (Lipinski definition) is 1. The van der Waals surface area contributed by atoms with Crippen molar-refractivity contribution in [1.82, 2.24) is 4.90 Å². The van der Waals surface area contributed by atoms with Crippen LogP contribution >= 0.6 is 0 Å². The maximum absolute atomic E-state index is 12.5. The number of rotatable bonds is 3. The molecule has 1 heterocycles. The number of hydrogen-bond donors (Lipinski definition) is 0. The van der Waals surface area contributed by atoms with E-state index in [1.807, 2.05) is 55.2 Å². The van der Waals surface area contributed by atoms with Crippen molar-refractivity contribution in [2.45, 2.75) is 26.3 Å². The summed E-state index contributed by atoms with van der Waals surface area (Å²) < 4.78 is 0. The second-order valence-corrected chi connectivity index (χ2v) is 4.46. The molecule has 0 saturated carbocycles. The van der Waals surface area contributed by atoms with E-state index in [1.165, 1.54) is 0 Å². The van der Waals surface area contributed by atoms with Gasteiger partial charge in [0.1, 0.15) is 0 Å². The number of carbonyl (C=O) groups is 1. The average molecular weight is 241 g/mol. The summed E-state index contributed by atoms with van der Waals surface area (Å²) in [4.78, 5) is 14.4. The molecule has 0 aromatic heterocycles. The van der Waals surface area contributed by atoms with Crippen LogP contribution in [-0.4, -0.2) is 23.4 Å². The minimum atomic E-state index is 0.125. The average Bonchev–Trinajstić information content (AvgIpc) is 2.41. The first-order valence-corrected chi connectivity index (χ1v) is 6.40. The van der Waals surface area contributed by atoms with Crippen molar-refractivity contribution < 1.29 is 4.79 Å². The first-order valence-electron chi connectivity index (χ1n) is 6.40. The summed E-state index contributed by atoms with van der Waals surface area (Å²) in [5, 5.41) is 0. The molecular formula is C16H19NO. The highest BCUT2D eigenvalue weighted by atomic mass is 16.2. The fraction of sp³-hybridized carbons (Fsp3) is 0.312. The van der Waals surface area contributed by atoms with Gasteiger partial charge in [0, 0.05) is 12.1 Å². The Bertz CT molecular complexity index is 502. The van der Waals surface area contributed by atoms with Gasteiger partial charge >= 0.3 is 0 Å². The van der Waals surface area contributed by atoms with E-state index in [2.05, 4.69) is 6.58 Å². The first-order chi connectivity index (χ1) is 8.72. The number of carbonyl (C=O) groups excluding carboxylic acids is 1. The van der Waals surface area contributed by atoms with Gasteiger partial charge in [-0.3, -0.25) is 4.79 Å². The lowest BCUT2D eigenvalue weighted by molar-refractivity contribution is 0.0695. The largest absolute Gasteiger partial charge is 0.332 e. The molecule has 1 aliphatic rings. The van der Waals surface area contributed by atoms with Crippen molar-refractivity contribution in [2.24, 2.45) is 0 Å². The van der Waals surface area contributed by atoms with Crippen molar-refractivity contribution in [3.05, 3.63) is 59.7 Å². The molecule has 0 spiro atoms. The van der Waals surface area contributed by atoms with Crippen molar-refractivity contribution in [2.75, 3.05) is 6.54 Å².